The third-order valence-electron chi connectivity index (χ3n) is 4.94. The van der Waals surface area contributed by atoms with Crippen LogP contribution in [0.4, 0.5) is 11.4 Å². The van der Waals surface area contributed by atoms with Crippen LogP contribution in [-0.2, 0) is 6.61 Å². The van der Waals surface area contributed by atoms with Gasteiger partial charge in [0, 0.05) is 22.7 Å². The number of furan rings is 1. The summed E-state index contributed by atoms with van der Waals surface area (Å²) in [5.74, 6) is 0.844. The summed E-state index contributed by atoms with van der Waals surface area (Å²) in [6, 6.07) is 20.1. The second kappa shape index (κ2) is 10.7. The zero-order chi connectivity index (χ0) is 25.7. The Morgan fingerprint density at radius 1 is 0.944 bits per heavy atom. The van der Waals surface area contributed by atoms with E-state index in [9.17, 15) is 19.7 Å². The molecule has 3 aromatic carbocycles. The van der Waals surface area contributed by atoms with E-state index in [-0.39, 0.29) is 35.3 Å². The minimum absolute atomic E-state index is 0.00722. The van der Waals surface area contributed by atoms with Crippen LogP contribution in [0.25, 0.3) is 0 Å². The molecule has 0 fully saturated rings. The summed E-state index contributed by atoms with van der Waals surface area (Å²) in [5.41, 5.74) is 0.459. The second-order valence-corrected chi connectivity index (χ2v) is 8.05. The second-order valence-electron chi connectivity index (χ2n) is 7.62. The van der Waals surface area contributed by atoms with Crippen molar-refractivity contribution in [1.29, 1.82) is 0 Å². The first-order valence-electron chi connectivity index (χ1n) is 10.6. The lowest BCUT2D eigenvalue weighted by Crippen LogP contribution is -2.11. The van der Waals surface area contributed by atoms with E-state index in [4.69, 9.17) is 25.5 Å². The molecule has 1 heterocycles. The van der Waals surface area contributed by atoms with E-state index in [1.54, 1.807) is 54.6 Å². The van der Waals surface area contributed by atoms with Crippen molar-refractivity contribution in [2.24, 2.45) is 0 Å². The largest absolute Gasteiger partial charge is 0.486 e. The summed E-state index contributed by atoms with van der Waals surface area (Å²) in [6.07, 6.45) is 0. The Balaban J connectivity index is 1.43. The number of ketones is 1. The zero-order valence-electron chi connectivity index (χ0n) is 18.9. The number of carbonyl (C=O) groups is 2. The number of hydrogen-bond acceptors (Lipinski definition) is 7. The number of rotatable bonds is 9. The summed E-state index contributed by atoms with van der Waals surface area (Å²) >= 11 is 5.87. The maximum Gasteiger partial charge on any atom is 0.291 e. The van der Waals surface area contributed by atoms with E-state index in [0.717, 1.165) is 0 Å². The van der Waals surface area contributed by atoms with Gasteiger partial charge < -0.3 is 19.2 Å². The highest BCUT2D eigenvalue weighted by molar-refractivity contribution is 6.30. The van der Waals surface area contributed by atoms with E-state index >= 15 is 0 Å². The lowest BCUT2D eigenvalue weighted by atomic mass is 10.1. The van der Waals surface area contributed by atoms with Crippen LogP contribution < -0.4 is 14.8 Å². The van der Waals surface area contributed by atoms with Gasteiger partial charge in [-0.05, 0) is 67.6 Å². The van der Waals surface area contributed by atoms with Crippen molar-refractivity contribution in [3.05, 3.63) is 111 Å². The molecule has 0 spiro atoms. The third-order valence-corrected chi connectivity index (χ3v) is 5.19. The van der Waals surface area contributed by atoms with Gasteiger partial charge in [0.2, 0.25) is 0 Å². The fraction of sp³-hybridized carbons (Fsp3) is 0.0769. The Morgan fingerprint density at radius 3 is 2.31 bits per heavy atom. The number of amides is 1. The molecule has 0 radical (unpaired) electrons. The van der Waals surface area contributed by atoms with E-state index < -0.39 is 10.8 Å². The number of carbonyl (C=O) groups excluding carboxylic acids is 2. The fourth-order valence-electron chi connectivity index (χ4n) is 3.17. The van der Waals surface area contributed by atoms with E-state index in [1.165, 1.54) is 31.2 Å². The Hall–Kier alpha value is -4.63. The fourth-order valence-corrected chi connectivity index (χ4v) is 3.30. The maximum atomic E-state index is 12.7. The standard InChI is InChI=1S/C26H19ClN2O7/c1-16(30)17-2-6-21(7-3-17)34-15-23-10-11-25(36-23)26(31)28-19-12-20(29(32)33)14-24(13-19)35-22-8-4-18(27)5-9-22/h2-14H,15H2,1H3,(H,28,31). The van der Waals surface area contributed by atoms with Crippen LogP contribution in [0.15, 0.2) is 83.3 Å². The van der Waals surface area contributed by atoms with Crippen molar-refractivity contribution < 1.29 is 28.4 Å². The molecule has 0 bridgehead atoms. The van der Waals surface area contributed by atoms with Gasteiger partial charge in [-0.15, -0.1) is 0 Å². The summed E-state index contributed by atoms with van der Waals surface area (Å²) in [7, 11) is 0. The van der Waals surface area contributed by atoms with Crippen molar-refractivity contribution in [3.63, 3.8) is 0 Å². The van der Waals surface area contributed by atoms with Gasteiger partial charge in [-0.2, -0.15) is 0 Å². The number of halogens is 1. The summed E-state index contributed by atoms with van der Waals surface area (Å²) in [5, 5.41) is 14.5. The topological polar surface area (TPSA) is 121 Å². The third kappa shape index (κ3) is 6.28. The van der Waals surface area contributed by atoms with E-state index in [1.807, 2.05) is 0 Å². The molecule has 4 aromatic rings. The first-order valence-corrected chi connectivity index (χ1v) is 11.0. The van der Waals surface area contributed by atoms with Crippen LogP contribution >= 0.6 is 11.6 Å². The number of Topliss-reactive ketones (excluding diaryl/α,β-unsaturated/α-hetero) is 1. The predicted molar refractivity (Wildman–Crippen MR) is 132 cm³/mol. The van der Waals surface area contributed by atoms with Gasteiger partial charge in [-0.25, -0.2) is 0 Å². The molecule has 10 heteroatoms. The zero-order valence-corrected chi connectivity index (χ0v) is 19.7. The van der Waals surface area contributed by atoms with Crippen molar-refractivity contribution in [2.45, 2.75) is 13.5 Å². The molecule has 1 aromatic heterocycles. The Kier molecular flexibility index (Phi) is 7.31. The molecule has 0 aliphatic carbocycles. The number of nitro groups is 1. The first kappa shape index (κ1) is 24.5. The van der Waals surface area contributed by atoms with Gasteiger partial charge in [0.25, 0.3) is 11.6 Å². The summed E-state index contributed by atoms with van der Waals surface area (Å²) < 4.78 is 16.8. The monoisotopic (exact) mass is 506 g/mol. The Labute approximate surface area is 210 Å². The normalized spacial score (nSPS) is 10.5. The van der Waals surface area contributed by atoms with Crippen LogP contribution in [0.5, 0.6) is 17.2 Å². The highest BCUT2D eigenvalue weighted by Gasteiger charge is 2.16. The molecule has 182 valence electrons. The average molecular weight is 507 g/mol. The number of nitro benzene ring substituents is 1. The number of ether oxygens (including phenoxy) is 2. The van der Waals surface area contributed by atoms with Gasteiger partial charge >= 0.3 is 0 Å². The quantitative estimate of drug-likeness (QED) is 0.153. The lowest BCUT2D eigenvalue weighted by Gasteiger charge is -2.09. The van der Waals surface area contributed by atoms with Gasteiger partial charge in [-0.3, -0.25) is 19.7 Å². The molecule has 0 atom stereocenters. The van der Waals surface area contributed by atoms with Crippen molar-refractivity contribution >= 4 is 34.7 Å². The molecule has 0 aliphatic heterocycles. The first-order chi connectivity index (χ1) is 17.3. The molecule has 9 nitrogen and oxygen atoms in total. The predicted octanol–water partition coefficient (Wildman–Crippen LogP) is 6.67. The molecule has 1 amide bonds. The lowest BCUT2D eigenvalue weighted by molar-refractivity contribution is -0.384. The molecule has 0 saturated heterocycles. The average Bonchev–Trinajstić information content (AvgIpc) is 3.33. The Bertz CT molecular complexity index is 1410. The van der Waals surface area contributed by atoms with E-state index in [0.29, 0.717) is 27.8 Å². The number of nitrogens with zero attached hydrogens (tertiary/aromatic N) is 1. The molecule has 0 unspecified atom stereocenters. The van der Waals surface area contributed by atoms with Gasteiger partial charge in [0.05, 0.1) is 16.7 Å². The van der Waals surface area contributed by atoms with E-state index in [2.05, 4.69) is 5.32 Å². The van der Waals surface area contributed by atoms with Gasteiger partial charge in [0.15, 0.2) is 11.5 Å². The number of hydrogen-bond donors (Lipinski definition) is 1. The molecular weight excluding hydrogens is 488 g/mol. The van der Waals surface area contributed by atoms with Crippen molar-refractivity contribution in [3.8, 4) is 17.2 Å². The van der Waals surface area contributed by atoms with Crippen LogP contribution in [0.1, 0.15) is 33.6 Å². The molecular formula is C26H19ClN2O7. The minimum Gasteiger partial charge on any atom is -0.486 e. The van der Waals surface area contributed by atoms with Crippen LogP contribution in [0.3, 0.4) is 0 Å². The summed E-state index contributed by atoms with van der Waals surface area (Å²) in [4.78, 5) is 34.8. The minimum atomic E-state index is -0.606. The number of anilines is 1. The molecule has 0 saturated carbocycles. The number of non-ortho nitro benzene ring substituents is 1. The summed E-state index contributed by atoms with van der Waals surface area (Å²) in [6.45, 7) is 1.54. The van der Waals surface area contributed by atoms with Gasteiger partial charge in [0.1, 0.15) is 29.6 Å². The molecule has 1 N–H and O–H groups in total. The molecule has 36 heavy (non-hydrogen) atoms. The number of benzene rings is 3. The smallest absolute Gasteiger partial charge is 0.291 e. The van der Waals surface area contributed by atoms with Crippen LogP contribution in [-0.4, -0.2) is 16.6 Å². The van der Waals surface area contributed by atoms with Gasteiger partial charge in [-0.1, -0.05) is 11.6 Å². The van der Waals surface area contributed by atoms with Crippen LogP contribution in [0, 0.1) is 10.1 Å². The van der Waals surface area contributed by atoms with Crippen molar-refractivity contribution in [1.82, 2.24) is 0 Å². The highest BCUT2D eigenvalue weighted by Crippen LogP contribution is 2.30. The van der Waals surface area contributed by atoms with Crippen molar-refractivity contribution in [2.75, 3.05) is 5.32 Å². The molecule has 4 rings (SSSR count). The van der Waals surface area contributed by atoms with Crippen LogP contribution in [0.2, 0.25) is 5.02 Å². The highest BCUT2D eigenvalue weighted by atomic mass is 35.5. The maximum absolute atomic E-state index is 12.7. The number of nitrogens with one attached hydrogen (secondary N) is 1. The molecule has 0 aliphatic rings. The Morgan fingerprint density at radius 2 is 1.64 bits per heavy atom. The SMILES string of the molecule is CC(=O)c1ccc(OCc2ccc(C(=O)Nc3cc(Oc4ccc(Cl)cc4)cc([N+](=O)[O-])c3)o2)cc1.